The lowest BCUT2D eigenvalue weighted by molar-refractivity contribution is 0.0162. The molecule has 1 saturated heterocycles. The van der Waals surface area contributed by atoms with Crippen molar-refractivity contribution in [1.82, 2.24) is 14.8 Å². The van der Waals surface area contributed by atoms with E-state index >= 15 is 0 Å². The van der Waals surface area contributed by atoms with E-state index in [0.717, 1.165) is 35.3 Å². The minimum absolute atomic E-state index is 0.0391. The summed E-state index contributed by atoms with van der Waals surface area (Å²) in [7, 11) is 3.52. The van der Waals surface area contributed by atoms with Crippen LogP contribution in [0.1, 0.15) is 22.1 Å². The molecule has 0 bridgehead atoms. The number of amides is 1. The van der Waals surface area contributed by atoms with Crippen LogP contribution in [0.4, 0.5) is 0 Å². The fourth-order valence-electron chi connectivity index (χ4n) is 4.05. The number of hydrogen-bond donors (Lipinski definition) is 1. The monoisotopic (exact) mass is 427 g/mol. The first-order valence-electron chi connectivity index (χ1n) is 10.1. The lowest BCUT2D eigenvalue weighted by Gasteiger charge is -2.35. The summed E-state index contributed by atoms with van der Waals surface area (Å²) in [6.07, 6.45) is 0. The topological polar surface area (TPSA) is 55.7 Å². The predicted molar refractivity (Wildman–Crippen MR) is 118 cm³/mol. The molecule has 158 valence electrons. The SMILES string of the molecule is COc1ccc(C(CNC(=O)c2c(Cl)c3ccccc3n2C)N2CCOCC2)cc1. The summed E-state index contributed by atoms with van der Waals surface area (Å²) in [6, 6.07) is 15.8. The molecule has 1 aromatic heterocycles. The van der Waals surface area contributed by atoms with Crippen molar-refractivity contribution in [2.75, 3.05) is 40.0 Å². The maximum Gasteiger partial charge on any atom is 0.269 e. The Morgan fingerprint density at radius 2 is 1.87 bits per heavy atom. The van der Waals surface area contributed by atoms with Crippen LogP contribution in [0.25, 0.3) is 10.9 Å². The van der Waals surface area contributed by atoms with Crippen LogP contribution in [-0.2, 0) is 11.8 Å². The van der Waals surface area contributed by atoms with Crippen molar-refractivity contribution in [2.24, 2.45) is 7.05 Å². The van der Waals surface area contributed by atoms with Crippen LogP contribution in [0.2, 0.25) is 5.02 Å². The van der Waals surface area contributed by atoms with Gasteiger partial charge in [0.05, 0.1) is 31.4 Å². The number of para-hydroxylation sites is 1. The van der Waals surface area contributed by atoms with Gasteiger partial charge in [0, 0.05) is 37.6 Å². The lowest BCUT2D eigenvalue weighted by atomic mass is 10.0. The minimum atomic E-state index is -0.175. The van der Waals surface area contributed by atoms with Gasteiger partial charge in [0.25, 0.3) is 5.91 Å². The van der Waals surface area contributed by atoms with Crippen molar-refractivity contribution in [3.8, 4) is 5.75 Å². The second kappa shape index (κ2) is 9.08. The van der Waals surface area contributed by atoms with E-state index in [9.17, 15) is 4.79 Å². The molecule has 0 aliphatic carbocycles. The molecule has 30 heavy (non-hydrogen) atoms. The molecule has 2 heterocycles. The van der Waals surface area contributed by atoms with Gasteiger partial charge in [-0.2, -0.15) is 0 Å². The Labute approximate surface area is 181 Å². The number of aromatic nitrogens is 1. The van der Waals surface area contributed by atoms with Crippen LogP contribution in [0.5, 0.6) is 5.75 Å². The van der Waals surface area contributed by atoms with Crippen molar-refractivity contribution < 1.29 is 14.3 Å². The number of fused-ring (bicyclic) bond motifs is 1. The van der Waals surface area contributed by atoms with Gasteiger partial charge in [-0.25, -0.2) is 0 Å². The fourth-order valence-corrected chi connectivity index (χ4v) is 4.42. The van der Waals surface area contributed by atoms with Crippen LogP contribution in [0.3, 0.4) is 0 Å². The molecule has 0 spiro atoms. The summed E-state index contributed by atoms with van der Waals surface area (Å²) in [5.74, 6) is 0.635. The normalized spacial score (nSPS) is 15.8. The number of ether oxygens (including phenoxy) is 2. The highest BCUT2D eigenvalue weighted by molar-refractivity contribution is 6.38. The van der Waals surface area contributed by atoms with Crippen molar-refractivity contribution in [3.05, 3.63) is 64.8 Å². The Morgan fingerprint density at radius 1 is 1.17 bits per heavy atom. The maximum atomic E-state index is 13.1. The number of hydrogen-bond acceptors (Lipinski definition) is 4. The number of benzene rings is 2. The van der Waals surface area contributed by atoms with Gasteiger partial charge in [-0.1, -0.05) is 41.9 Å². The Morgan fingerprint density at radius 3 is 2.53 bits per heavy atom. The van der Waals surface area contributed by atoms with E-state index in [4.69, 9.17) is 21.1 Å². The van der Waals surface area contributed by atoms with E-state index in [0.29, 0.717) is 30.5 Å². The van der Waals surface area contributed by atoms with Crippen molar-refractivity contribution in [2.45, 2.75) is 6.04 Å². The molecular weight excluding hydrogens is 402 g/mol. The molecule has 1 N–H and O–H groups in total. The zero-order valence-electron chi connectivity index (χ0n) is 17.2. The molecule has 1 fully saturated rings. The Hall–Kier alpha value is -2.54. The lowest BCUT2D eigenvalue weighted by Crippen LogP contribution is -2.44. The second-order valence-electron chi connectivity index (χ2n) is 7.39. The molecule has 0 radical (unpaired) electrons. The largest absolute Gasteiger partial charge is 0.497 e. The van der Waals surface area contributed by atoms with Gasteiger partial charge in [0.2, 0.25) is 0 Å². The Balaban J connectivity index is 1.56. The molecule has 1 atom stereocenters. The standard InChI is InChI=1S/C23H26ClN3O3/c1-26-19-6-4-3-5-18(19)21(24)22(26)23(28)25-15-20(27-11-13-30-14-12-27)16-7-9-17(29-2)10-8-16/h3-10,20H,11-15H2,1-2H3,(H,25,28). The number of nitrogens with one attached hydrogen (secondary N) is 1. The summed E-state index contributed by atoms with van der Waals surface area (Å²) >= 11 is 6.55. The smallest absolute Gasteiger partial charge is 0.269 e. The Bertz CT molecular complexity index is 987. The first-order valence-corrected chi connectivity index (χ1v) is 10.4. The van der Waals surface area contributed by atoms with E-state index in [2.05, 4.69) is 22.3 Å². The molecule has 1 amide bonds. The van der Waals surface area contributed by atoms with Gasteiger partial charge < -0.3 is 19.4 Å². The maximum absolute atomic E-state index is 13.1. The molecule has 1 unspecified atom stereocenters. The first kappa shape index (κ1) is 20.7. The third-order valence-electron chi connectivity index (χ3n) is 5.70. The molecule has 0 saturated carbocycles. The number of carbonyl (C=O) groups excluding carboxylic acids is 1. The third-order valence-corrected chi connectivity index (χ3v) is 6.09. The fraction of sp³-hybridized carbons (Fsp3) is 0.348. The molecule has 6 nitrogen and oxygen atoms in total. The zero-order valence-corrected chi connectivity index (χ0v) is 18.0. The number of nitrogens with zero attached hydrogens (tertiary/aromatic N) is 2. The van der Waals surface area contributed by atoms with E-state index in [1.165, 1.54) is 0 Å². The molecule has 2 aromatic carbocycles. The van der Waals surface area contributed by atoms with Crippen molar-refractivity contribution in [3.63, 3.8) is 0 Å². The van der Waals surface area contributed by atoms with E-state index in [-0.39, 0.29) is 11.9 Å². The predicted octanol–water partition coefficient (Wildman–Crippen LogP) is 3.64. The number of methoxy groups -OCH3 is 1. The zero-order chi connectivity index (χ0) is 21.1. The molecule has 7 heteroatoms. The summed E-state index contributed by atoms with van der Waals surface area (Å²) in [5.41, 5.74) is 2.54. The number of aryl methyl sites for hydroxylation is 1. The van der Waals surface area contributed by atoms with Gasteiger partial charge in [0.15, 0.2) is 0 Å². The number of carbonyl (C=O) groups is 1. The Kier molecular flexibility index (Phi) is 6.27. The van der Waals surface area contributed by atoms with Crippen molar-refractivity contribution >= 4 is 28.4 Å². The van der Waals surface area contributed by atoms with Gasteiger partial charge >= 0.3 is 0 Å². The van der Waals surface area contributed by atoms with Gasteiger partial charge in [-0.3, -0.25) is 9.69 Å². The average Bonchev–Trinajstić information content (AvgIpc) is 3.05. The summed E-state index contributed by atoms with van der Waals surface area (Å²) in [5, 5.41) is 4.47. The molecular formula is C23H26ClN3O3. The number of morpholine rings is 1. The van der Waals surface area contributed by atoms with Crippen LogP contribution < -0.4 is 10.1 Å². The van der Waals surface area contributed by atoms with Crippen LogP contribution >= 0.6 is 11.6 Å². The number of rotatable bonds is 6. The highest BCUT2D eigenvalue weighted by Crippen LogP contribution is 2.30. The van der Waals surface area contributed by atoms with Gasteiger partial charge in [-0.15, -0.1) is 0 Å². The van der Waals surface area contributed by atoms with Crippen molar-refractivity contribution in [1.29, 1.82) is 0 Å². The van der Waals surface area contributed by atoms with Crippen LogP contribution in [0.15, 0.2) is 48.5 Å². The van der Waals surface area contributed by atoms with E-state index < -0.39 is 0 Å². The van der Waals surface area contributed by atoms with Crippen LogP contribution in [-0.4, -0.2) is 55.3 Å². The van der Waals surface area contributed by atoms with Gasteiger partial charge in [0.1, 0.15) is 11.4 Å². The number of halogens is 1. The first-order chi connectivity index (χ1) is 14.6. The third kappa shape index (κ3) is 4.03. The van der Waals surface area contributed by atoms with Crippen LogP contribution in [0, 0.1) is 0 Å². The van der Waals surface area contributed by atoms with Gasteiger partial charge in [-0.05, 0) is 23.8 Å². The highest BCUT2D eigenvalue weighted by atomic mass is 35.5. The molecule has 1 aliphatic rings. The summed E-state index contributed by atoms with van der Waals surface area (Å²) in [4.78, 5) is 15.4. The molecule has 1 aliphatic heterocycles. The van der Waals surface area contributed by atoms with E-state index in [1.54, 1.807) is 7.11 Å². The second-order valence-corrected chi connectivity index (χ2v) is 7.76. The molecule has 3 aromatic rings. The average molecular weight is 428 g/mol. The summed E-state index contributed by atoms with van der Waals surface area (Å²) < 4.78 is 12.6. The summed E-state index contributed by atoms with van der Waals surface area (Å²) in [6.45, 7) is 3.50. The quantitative estimate of drug-likeness (QED) is 0.652. The molecule has 4 rings (SSSR count). The highest BCUT2D eigenvalue weighted by Gasteiger charge is 2.25. The van der Waals surface area contributed by atoms with E-state index in [1.807, 2.05) is 48.0 Å². The minimum Gasteiger partial charge on any atom is -0.497 e.